The lowest BCUT2D eigenvalue weighted by atomic mass is 9.82. The van der Waals surface area contributed by atoms with Crippen LogP contribution in [-0.4, -0.2) is 23.8 Å². The van der Waals surface area contributed by atoms with Gasteiger partial charge in [0, 0.05) is 6.04 Å². The van der Waals surface area contributed by atoms with Crippen LogP contribution in [0.5, 0.6) is 0 Å². The zero-order valence-corrected chi connectivity index (χ0v) is 10.9. The third-order valence-electron chi connectivity index (χ3n) is 5.21. The van der Waals surface area contributed by atoms with Crippen LogP contribution in [0.15, 0.2) is 0 Å². The molecule has 98 valence electrons. The molecule has 3 rings (SSSR count). The Balaban J connectivity index is 1.39. The molecule has 0 spiro atoms. The van der Waals surface area contributed by atoms with Crippen molar-refractivity contribution in [2.24, 2.45) is 17.8 Å². The Morgan fingerprint density at radius 3 is 2.47 bits per heavy atom. The Morgan fingerprint density at radius 1 is 0.882 bits per heavy atom. The van der Waals surface area contributed by atoms with Crippen molar-refractivity contribution < 1.29 is 5.11 Å². The van der Waals surface area contributed by atoms with Crippen LogP contribution in [0.3, 0.4) is 0 Å². The number of aliphatic hydroxyl groups is 1. The minimum Gasteiger partial charge on any atom is -0.393 e. The van der Waals surface area contributed by atoms with Gasteiger partial charge in [-0.3, -0.25) is 0 Å². The Morgan fingerprint density at radius 2 is 1.76 bits per heavy atom. The molecule has 4 unspecified atom stereocenters. The largest absolute Gasteiger partial charge is 0.393 e. The summed E-state index contributed by atoms with van der Waals surface area (Å²) in [6.45, 7) is 1.15. The molecule has 0 aromatic heterocycles. The second-order valence-electron chi connectivity index (χ2n) is 6.70. The van der Waals surface area contributed by atoms with Crippen molar-refractivity contribution in [3.8, 4) is 0 Å². The van der Waals surface area contributed by atoms with E-state index in [0.29, 0.717) is 0 Å². The zero-order chi connectivity index (χ0) is 11.7. The molecular formula is C15H27NO. The molecule has 2 heteroatoms. The molecule has 0 amide bonds. The van der Waals surface area contributed by atoms with E-state index in [9.17, 15) is 5.11 Å². The summed E-state index contributed by atoms with van der Waals surface area (Å²) >= 11 is 0. The lowest BCUT2D eigenvalue weighted by Gasteiger charge is -2.30. The van der Waals surface area contributed by atoms with Gasteiger partial charge in [0.2, 0.25) is 0 Å². The highest BCUT2D eigenvalue weighted by Crippen LogP contribution is 2.43. The van der Waals surface area contributed by atoms with Crippen LogP contribution in [0.25, 0.3) is 0 Å². The minimum absolute atomic E-state index is 0.00707. The van der Waals surface area contributed by atoms with Gasteiger partial charge in [0.05, 0.1) is 6.10 Å². The maximum atomic E-state index is 9.53. The first-order valence-corrected chi connectivity index (χ1v) is 7.72. The second kappa shape index (κ2) is 5.27. The van der Waals surface area contributed by atoms with Crippen LogP contribution in [0.1, 0.15) is 57.8 Å². The van der Waals surface area contributed by atoms with E-state index in [4.69, 9.17) is 0 Å². The standard InChI is InChI=1S/C15H27NO/c17-15-7-4-11(8-15)10-16-14-3-1-2-13(9-14)12-5-6-12/h11-17H,1-10H2. The van der Waals surface area contributed by atoms with Gasteiger partial charge in [0.1, 0.15) is 0 Å². The van der Waals surface area contributed by atoms with Gasteiger partial charge in [-0.2, -0.15) is 0 Å². The summed E-state index contributed by atoms with van der Waals surface area (Å²) in [5, 5.41) is 13.3. The molecule has 3 aliphatic rings. The molecule has 4 atom stereocenters. The quantitative estimate of drug-likeness (QED) is 0.788. The normalized spacial score (nSPS) is 42.9. The van der Waals surface area contributed by atoms with E-state index in [1.54, 1.807) is 0 Å². The molecule has 2 nitrogen and oxygen atoms in total. The number of hydrogen-bond acceptors (Lipinski definition) is 2. The van der Waals surface area contributed by atoms with E-state index in [2.05, 4.69) is 5.32 Å². The van der Waals surface area contributed by atoms with Crippen LogP contribution in [-0.2, 0) is 0 Å². The Hall–Kier alpha value is -0.0800. The van der Waals surface area contributed by atoms with Gasteiger partial charge in [-0.15, -0.1) is 0 Å². The van der Waals surface area contributed by atoms with Crippen LogP contribution in [0, 0.1) is 17.8 Å². The van der Waals surface area contributed by atoms with Crippen LogP contribution >= 0.6 is 0 Å². The second-order valence-corrected chi connectivity index (χ2v) is 6.70. The minimum atomic E-state index is -0.00707. The van der Waals surface area contributed by atoms with E-state index < -0.39 is 0 Å². The summed E-state index contributed by atoms with van der Waals surface area (Å²) in [4.78, 5) is 0. The van der Waals surface area contributed by atoms with Crippen molar-refractivity contribution in [2.75, 3.05) is 6.54 Å². The molecule has 2 N–H and O–H groups in total. The van der Waals surface area contributed by atoms with E-state index >= 15 is 0 Å². The first-order valence-electron chi connectivity index (χ1n) is 7.72. The van der Waals surface area contributed by atoms with E-state index in [1.165, 1.54) is 44.9 Å². The van der Waals surface area contributed by atoms with Crippen LogP contribution in [0.2, 0.25) is 0 Å². The average Bonchev–Trinajstić information content (AvgIpc) is 3.11. The molecule has 0 saturated heterocycles. The SMILES string of the molecule is OC1CCC(CNC2CCCC(C3CC3)C2)C1. The zero-order valence-electron chi connectivity index (χ0n) is 10.9. The number of aliphatic hydroxyl groups excluding tert-OH is 1. The maximum absolute atomic E-state index is 9.53. The summed E-state index contributed by atoms with van der Waals surface area (Å²) in [5.74, 6) is 2.87. The highest BCUT2D eigenvalue weighted by Gasteiger charge is 2.34. The molecule has 0 heterocycles. The van der Waals surface area contributed by atoms with Gasteiger partial charge in [0.15, 0.2) is 0 Å². The summed E-state index contributed by atoms with van der Waals surface area (Å²) in [7, 11) is 0. The lowest BCUT2D eigenvalue weighted by Crippen LogP contribution is -2.37. The fourth-order valence-corrected chi connectivity index (χ4v) is 3.98. The smallest absolute Gasteiger partial charge is 0.0543 e. The van der Waals surface area contributed by atoms with Gasteiger partial charge in [-0.25, -0.2) is 0 Å². The molecule has 0 aromatic carbocycles. The molecule has 0 bridgehead atoms. The Labute approximate surface area is 105 Å². The summed E-state index contributed by atoms with van der Waals surface area (Å²) in [6, 6.07) is 0.784. The molecule has 0 radical (unpaired) electrons. The third-order valence-corrected chi connectivity index (χ3v) is 5.21. The summed E-state index contributed by atoms with van der Waals surface area (Å²) in [5.41, 5.74) is 0. The topological polar surface area (TPSA) is 32.3 Å². The molecule has 3 fully saturated rings. The van der Waals surface area contributed by atoms with Crippen molar-refractivity contribution in [3.63, 3.8) is 0 Å². The van der Waals surface area contributed by atoms with Crippen LogP contribution < -0.4 is 5.32 Å². The van der Waals surface area contributed by atoms with Crippen molar-refractivity contribution in [3.05, 3.63) is 0 Å². The molecule has 3 saturated carbocycles. The Bertz CT molecular complexity index is 251. The first-order chi connectivity index (χ1) is 8.31. The predicted molar refractivity (Wildman–Crippen MR) is 69.8 cm³/mol. The van der Waals surface area contributed by atoms with Crippen molar-refractivity contribution in [1.82, 2.24) is 5.32 Å². The van der Waals surface area contributed by atoms with Gasteiger partial charge < -0.3 is 10.4 Å². The van der Waals surface area contributed by atoms with Crippen molar-refractivity contribution in [2.45, 2.75) is 69.9 Å². The number of hydrogen-bond donors (Lipinski definition) is 2. The fraction of sp³-hybridized carbons (Fsp3) is 1.00. The number of nitrogens with one attached hydrogen (secondary N) is 1. The van der Waals surface area contributed by atoms with Gasteiger partial charge >= 0.3 is 0 Å². The third kappa shape index (κ3) is 3.23. The number of rotatable bonds is 4. The fourth-order valence-electron chi connectivity index (χ4n) is 3.98. The summed E-state index contributed by atoms with van der Waals surface area (Å²) in [6.07, 6.45) is 12.0. The highest BCUT2D eigenvalue weighted by atomic mass is 16.3. The lowest BCUT2D eigenvalue weighted by molar-refractivity contribution is 0.176. The monoisotopic (exact) mass is 237 g/mol. The van der Waals surface area contributed by atoms with Gasteiger partial charge in [0.25, 0.3) is 0 Å². The van der Waals surface area contributed by atoms with E-state index in [0.717, 1.165) is 43.2 Å². The molecule has 17 heavy (non-hydrogen) atoms. The van der Waals surface area contributed by atoms with Crippen molar-refractivity contribution >= 4 is 0 Å². The van der Waals surface area contributed by atoms with Crippen molar-refractivity contribution in [1.29, 1.82) is 0 Å². The molecule has 0 aliphatic heterocycles. The Kier molecular flexibility index (Phi) is 3.72. The maximum Gasteiger partial charge on any atom is 0.0543 e. The molecular weight excluding hydrogens is 210 g/mol. The summed E-state index contributed by atoms with van der Waals surface area (Å²) < 4.78 is 0. The van der Waals surface area contributed by atoms with E-state index in [-0.39, 0.29) is 6.10 Å². The van der Waals surface area contributed by atoms with Gasteiger partial charge in [-0.05, 0) is 69.2 Å². The van der Waals surface area contributed by atoms with E-state index in [1.807, 2.05) is 0 Å². The van der Waals surface area contributed by atoms with Gasteiger partial charge in [-0.1, -0.05) is 12.8 Å². The average molecular weight is 237 g/mol. The molecule has 3 aliphatic carbocycles. The predicted octanol–water partition coefficient (Wildman–Crippen LogP) is 2.71. The first kappa shape index (κ1) is 12.0. The van der Waals surface area contributed by atoms with Crippen LogP contribution in [0.4, 0.5) is 0 Å². The highest BCUT2D eigenvalue weighted by molar-refractivity contribution is 4.88. The molecule has 0 aromatic rings.